The Balaban J connectivity index is 2.32. The van der Waals surface area contributed by atoms with E-state index in [4.69, 9.17) is 11.6 Å². The lowest BCUT2D eigenvalue weighted by Gasteiger charge is -2.30. The summed E-state index contributed by atoms with van der Waals surface area (Å²) < 4.78 is 40.3. The monoisotopic (exact) mass is 263 g/mol. The highest BCUT2D eigenvalue weighted by Crippen LogP contribution is 2.29. The second kappa shape index (κ2) is 4.56. The molecule has 1 saturated heterocycles. The normalized spacial score (nSPS) is 20.8. The van der Waals surface area contributed by atoms with Gasteiger partial charge in [0.05, 0.1) is 6.54 Å². The Morgan fingerprint density at radius 3 is 2.41 bits per heavy atom. The third-order valence-corrected chi connectivity index (χ3v) is 2.87. The van der Waals surface area contributed by atoms with Crippen LogP contribution in [-0.4, -0.2) is 25.0 Å². The number of anilines is 1. The number of ketones is 1. The Labute approximate surface area is 101 Å². The van der Waals surface area contributed by atoms with Gasteiger partial charge in [0.15, 0.2) is 23.6 Å². The smallest absolute Gasteiger partial charge is 0.175 e. The Hall–Kier alpha value is -1.23. The van der Waals surface area contributed by atoms with Gasteiger partial charge >= 0.3 is 0 Å². The van der Waals surface area contributed by atoms with Crippen molar-refractivity contribution in [3.63, 3.8) is 0 Å². The van der Waals surface area contributed by atoms with E-state index in [1.54, 1.807) is 0 Å². The van der Waals surface area contributed by atoms with Crippen molar-refractivity contribution in [2.75, 3.05) is 18.0 Å². The lowest BCUT2D eigenvalue weighted by Crippen LogP contribution is -2.43. The first-order valence-corrected chi connectivity index (χ1v) is 5.43. The first-order chi connectivity index (χ1) is 7.99. The van der Waals surface area contributed by atoms with Gasteiger partial charge in [0.25, 0.3) is 0 Å². The van der Waals surface area contributed by atoms with Gasteiger partial charge in [0, 0.05) is 18.0 Å². The third-order valence-electron chi connectivity index (χ3n) is 2.66. The minimum Gasteiger partial charge on any atom is -0.363 e. The zero-order valence-electron chi connectivity index (χ0n) is 8.72. The van der Waals surface area contributed by atoms with Gasteiger partial charge in [-0.05, 0) is 12.1 Å². The quantitative estimate of drug-likeness (QED) is 0.776. The van der Waals surface area contributed by atoms with Gasteiger partial charge in [0.2, 0.25) is 0 Å². The van der Waals surface area contributed by atoms with Crippen LogP contribution in [0.5, 0.6) is 0 Å². The number of alkyl halides is 1. The minimum atomic E-state index is -1.70. The SMILES string of the molecule is O=C1CCN(c2c(F)cc(Cl)cc2F)CC1F. The number of halogens is 4. The summed E-state index contributed by atoms with van der Waals surface area (Å²) in [6.07, 6.45) is -1.75. The molecule has 1 atom stereocenters. The van der Waals surface area contributed by atoms with Crippen LogP contribution in [0, 0.1) is 11.6 Å². The molecule has 17 heavy (non-hydrogen) atoms. The third kappa shape index (κ3) is 2.39. The molecule has 0 spiro atoms. The van der Waals surface area contributed by atoms with Crippen LogP contribution < -0.4 is 4.90 Å². The summed E-state index contributed by atoms with van der Waals surface area (Å²) >= 11 is 5.49. The zero-order chi connectivity index (χ0) is 12.6. The largest absolute Gasteiger partial charge is 0.363 e. The van der Waals surface area contributed by atoms with E-state index in [-0.39, 0.29) is 30.2 Å². The van der Waals surface area contributed by atoms with Crippen molar-refractivity contribution in [1.29, 1.82) is 0 Å². The molecule has 6 heteroatoms. The molecule has 1 aromatic rings. The van der Waals surface area contributed by atoms with Crippen LogP contribution in [-0.2, 0) is 4.79 Å². The first kappa shape index (κ1) is 12.2. The van der Waals surface area contributed by atoms with Crippen LogP contribution in [0.3, 0.4) is 0 Å². The maximum atomic E-state index is 13.5. The molecular formula is C11H9ClF3NO. The molecule has 2 rings (SSSR count). The summed E-state index contributed by atoms with van der Waals surface area (Å²) in [5, 5.41) is -0.0614. The van der Waals surface area contributed by atoms with Crippen molar-refractivity contribution >= 4 is 23.1 Å². The summed E-state index contributed by atoms with van der Waals surface area (Å²) in [5.74, 6) is -2.23. The van der Waals surface area contributed by atoms with Gasteiger partial charge in [-0.15, -0.1) is 0 Å². The van der Waals surface area contributed by atoms with E-state index in [9.17, 15) is 18.0 Å². The van der Waals surface area contributed by atoms with Crippen LogP contribution in [0.1, 0.15) is 6.42 Å². The fourth-order valence-corrected chi connectivity index (χ4v) is 2.02. The minimum absolute atomic E-state index is 0.0529. The molecule has 92 valence electrons. The van der Waals surface area contributed by atoms with Crippen LogP contribution in [0.2, 0.25) is 5.02 Å². The first-order valence-electron chi connectivity index (χ1n) is 5.05. The second-order valence-corrected chi connectivity index (χ2v) is 4.28. The van der Waals surface area contributed by atoms with E-state index in [0.717, 1.165) is 12.1 Å². The van der Waals surface area contributed by atoms with Crippen molar-refractivity contribution < 1.29 is 18.0 Å². The van der Waals surface area contributed by atoms with Gasteiger partial charge in [-0.2, -0.15) is 0 Å². The molecule has 0 aromatic heterocycles. The molecule has 1 aromatic carbocycles. The standard InChI is InChI=1S/C11H9ClF3NO/c12-6-3-7(13)11(8(14)4-6)16-2-1-10(17)9(15)5-16/h3-4,9H,1-2,5H2. The highest BCUT2D eigenvalue weighted by molar-refractivity contribution is 6.30. The Kier molecular flexibility index (Phi) is 3.28. The zero-order valence-corrected chi connectivity index (χ0v) is 9.48. The van der Waals surface area contributed by atoms with Crippen LogP contribution in [0.25, 0.3) is 0 Å². The van der Waals surface area contributed by atoms with Crippen LogP contribution in [0.15, 0.2) is 12.1 Å². The average molecular weight is 264 g/mol. The van der Waals surface area contributed by atoms with E-state index in [1.165, 1.54) is 4.90 Å². The van der Waals surface area contributed by atoms with Gasteiger partial charge in [-0.3, -0.25) is 4.79 Å². The average Bonchev–Trinajstić information content (AvgIpc) is 2.21. The molecule has 0 N–H and O–H groups in total. The van der Waals surface area contributed by atoms with E-state index < -0.39 is 23.6 Å². The summed E-state index contributed by atoms with van der Waals surface area (Å²) in [6, 6.07) is 1.92. The van der Waals surface area contributed by atoms with Crippen LogP contribution in [0.4, 0.5) is 18.9 Å². The number of benzene rings is 1. The van der Waals surface area contributed by atoms with Gasteiger partial charge in [-0.25, -0.2) is 13.2 Å². The molecule has 2 nitrogen and oxygen atoms in total. The van der Waals surface area contributed by atoms with Crippen molar-refractivity contribution in [1.82, 2.24) is 0 Å². The van der Waals surface area contributed by atoms with Gasteiger partial charge < -0.3 is 4.90 Å². The van der Waals surface area contributed by atoms with Gasteiger partial charge in [-0.1, -0.05) is 11.6 Å². The summed E-state index contributed by atoms with van der Waals surface area (Å²) in [6.45, 7) is -0.219. The molecule has 0 saturated carbocycles. The number of nitrogens with zero attached hydrogens (tertiary/aromatic N) is 1. The molecule has 1 heterocycles. The van der Waals surface area contributed by atoms with E-state index in [1.807, 2.05) is 0 Å². The Bertz CT molecular complexity index is 443. The molecule has 1 unspecified atom stereocenters. The Morgan fingerprint density at radius 1 is 1.29 bits per heavy atom. The Morgan fingerprint density at radius 2 is 1.88 bits per heavy atom. The van der Waals surface area contributed by atoms with Crippen molar-refractivity contribution in [2.24, 2.45) is 0 Å². The fourth-order valence-electron chi connectivity index (χ4n) is 1.83. The predicted octanol–water partition coefficient (Wildman–Crippen LogP) is 2.74. The lowest BCUT2D eigenvalue weighted by atomic mass is 10.1. The molecular weight excluding hydrogens is 255 g/mol. The number of Topliss-reactive ketones (excluding diaryl/α,β-unsaturated/α-hetero) is 1. The summed E-state index contributed by atoms with van der Waals surface area (Å²) in [4.78, 5) is 12.2. The summed E-state index contributed by atoms with van der Waals surface area (Å²) in [5.41, 5.74) is -0.329. The highest BCUT2D eigenvalue weighted by Gasteiger charge is 2.29. The number of hydrogen-bond acceptors (Lipinski definition) is 2. The fraction of sp³-hybridized carbons (Fsp3) is 0.364. The molecule has 0 amide bonds. The molecule has 0 bridgehead atoms. The van der Waals surface area contributed by atoms with E-state index >= 15 is 0 Å². The number of hydrogen-bond donors (Lipinski definition) is 0. The molecule has 1 aliphatic heterocycles. The lowest BCUT2D eigenvalue weighted by molar-refractivity contribution is -0.124. The molecule has 1 fully saturated rings. The topological polar surface area (TPSA) is 20.3 Å². The maximum absolute atomic E-state index is 13.5. The van der Waals surface area contributed by atoms with Crippen LogP contribution >= 0.6 is 11.6 Å². The number of carbonyl (C=O) groups is 1. The maximum Gasteiger partial charge on any atom is 0.175 e. The van der Waals surface area contributed by atoms with Gasteiger partial charge in [0.1, 0.15) is 5.69 Å². The van der Waals surface area contributed by atoms with Crippen molar-refractivity contribution in [2.45, 2.75) is 12.6 Å². The number of carbonyl (C=O) groups excluding carboxylic acids is 1. The van der Waals surface area contributed by atoms with E-state index in [2.05, 4.69) is 0 Å². The number of rotatable bonds is 1. The molecule has 0 aliphatic carbocycles. The number of piperidine rings is 1. The van der Waals surface area contributed by atoms with Crippen molar-refractivity contribution in [3.05, 3.63) is 28.8 Å². The second-order valence-electron chi connectivity index (χ2n) is 3.85. The van der Waals surface area contributed by atoms with E-state index in [0.29, 0.717) is 0 Å². The molecule has 1 aliphatic rings. The highest BCUT2D eigenvalue weighted by atomic mass is 35.5. The van der Waals surface area contributed by atoms with Crippen molar-refractivity contribution in [3.8, 4) is 0 Å². The predicted molar refractivity (Wildman–Crippen MR) is 58.1 cm³/mol. The summed E-state index contributed by atoms with van der Waals surface area (Å²) in [7, 11) is 0. The molecule has 0 radical (unpaired) electrons.